The molecule has 132 valence electrons. The van der Waals surface area contributed by atoms with Crippen molar-refractivity contribution in [3.8, 4) is 11.5 Å². The van der Waals surface area contributed by atoms with Gasteiger partial charge in [-0.1, -0.05) is 6.07 Å². The van der Waals surface area contributed by atoms with Crippen LogP contribution in [0.15, 0.2) is 36.0 Å². The lowest BCUT2D eigenvalue weighted by Crippen LogP contribution is -2.47. The summed E-state index contributed by atoms with van der Waals surface area (Å²) in [6.07, 6.45) is 3.18. The molecule has 9 nitrogen and oxygen atoms in total. The zero-order valence-corrected chi connectivity index (χ0v) is 14.8. The summed E-state index contributed by atoms with van der Waals surface area (Å²) in [6, 6.07) is 4.14. The Bertz CT molecular complexity index is 926. The summed E-state index contributed by atoms with van der Waals surface area (Å²) in [4.78, 5) is 44.9. The van der Waals surface area contributed by atoms with Crippen molar-refractivity contribution in [1.82, 2.24) is 24.0 Å². The molecule has 0 aliphatic carbocycles. The largest absolute Gasteiger partial charge is 0.363 e. The Morgan fingerprint density at radius 1 is 1.15 bits per heavy atom. The zero-order valence-electron chi connectivity index (χ0n) is 13.2. The van der Waals surface area contributed by atoms with E-state index in [1.165, 1.54) is 23.7 Å². The Labute approximate surface area is 155 Å². The Hall–Kier alpha value is -3.05. The fraction of sp³-hybridized carbons (Fsp3) is 0.133. The smallest absolute Gasteiger partial charge is 0.287 e. The molecule has 3 rings (SSSR count). The SMILES string of the molecule is NC(=O)C(=O)C(Cc1cccs1)NC(=O)c1nsnc1-c1ncccn1. The highest BCUT2D eigenvalue weighted by molar-refractivity contribution is 7.09. The number of nitrogens with zero attached hydrogens (tertiary/aromatic N) is 4. The van der Waals surface area contributed by atoms with Gasteiger partial charge in [0.2, 0.25) is 5.78 Å². The summed E-state index contributed by atoms with van der Waals surface area (Å²) in [7, 11) is 0. The summed E-state index contributed by atoms with van der Waals surface area (Å²) < 4.78 is 8.00. The minimum atomic E-state index is -1.12. The summed E-state index contributed by atoms with van der Waals surface area (Å²) in [6.45, 7) is 0. The molecule has 26 heavy (non-hydrogen) atoms. The van der Waals surface area contributed by atoms with Gasteiger partial charge >= 0.3 is 0 Å². The summed E-state index contributed by atoms with van der Waals surface area (Å²) in [5, 5.41) is 4.35. The van der Waals surface area contributed by atoms with E-state index in [9.17, 15) is 14.4 Å². The highest BCUT2D eigenvalue weighted by Gasteiger charge is 2.28. The predicted molar refractivity (Wildman–Crippen MR) is 94.4 cm³/mol. The number of hydrogen-bond acceptors (Lipinski definition) is 9. The molecule has 3 aromatic heterocycles. The van der Waals surface area contributed by atoms with Crippen LogP contribution in [0.1, 0.15) is 15.4 Å². The van der Waals surface area contributed by atoms with Gasteiger partial charge in [0.1, 0.15) is 6.04 Å². The number of carbonyl (C=O) groups is 3. The molecule has 0 bridgehead atoms. The fourth-order valence-corrected chi connectivity index (χ4v) is 3.44. The molecule has 1 unspecified atom stereocenters. The van der Waals surface area contributed by atoms with Gasteiger partial charge in [-0.05, 0) is 17.5 Å². The highest BCUT2D eigenvalue weighted by atomic mass is 32.1. The molecule has 0 saturated carbocycles. The molecular formula is C15H12N6O3S2. The van der Waals surface area contributed by atoms with E-state index in [2.05, 4.69) is 24.0 Å². The van der Waals surface area contributed by atoms with Crippen LogP contribution in [-0.4, -0.2) is 42.4 Å². The van der Waals surface area contributed by atoms with Gasteiger partial charge < -0.3 is 11.1 Å². The third-order valence-electron chi connectivity index (χ3n) is 3.33. The van der Waals surface area contributed by atoms with E-state index >= 15 is 0 Å². The number of rotatable bonds is 7. The van der Waals surface area contributed by atoms with Crippen LogP contribution in [0.2, 0.25) is 0 Å². The second-order valence-electron chi connectivity index (χ2n) is 5.07. The quantitative estimate of drug-likeness (QED) is 0.560. The van der Waals surface area contributed by atoms with Crippen LogP contribution in [0, 0.1) is 0 Å². The second kappa shape index (κ2) is 7.89. The number of amides is 2. The molecule has 11 heteroatoms. The Balaban J connectivity index is 1.83. The number of ketones is 1. The first-order valence-corrected chi connectivity index (χ1v) is 8.94. The maximum absolute atomic E-state index is 12.6. The topological polar surface area (TPSA) is 141 Å². The second-order valence-corrected chi connectivity index (χ2v) is 6.63. The number of Topliss-reactive ketones (excluding diaryl/α,β-unsaturated/α-hetero) is 1. The molecule has 0 radical (unpaired) electrons. The first kappa shape index (κ1) is 17.8. The third-order valence-corrected chi connectivity index (χ3v) is 4.76. The van der Waals surface area contributed by atoms with Crippen molar-refractivity contribution in [2.45, 2.75) is 12.5 Å². The molecule has 2 amide bonds. The van der Waals surface area contributed by atoms with E-state index in [0.29, 0.717) is 0 Å². The Kier molecular flexibility index (Phi) is 5.39. The van der Waals surface area contributed by atoms with Crippen molar-refractivity contribution in [2.75, 3.05) is 0 Å². The number of primary amides is 1. The van der Waals surface area contributed by atoms with Crippen molar-refractivity contribution in [1.29, 1.82) is 0 Å². The van der Waals surface area contributed by atoms with E-state index in [1.807, 2.05) is 11.4 Å². The Morgan fingerprint density at radius 3 is 2.58 bits per heavy atom. The number of nitrogens with one attached hydrogen (secondary N) is 1. The average molecular weight is 388 g/mol. The van der Waals surface area contributed by atoms with E-state index < -0.39 is 23.6 Å². The first-order valence-electron chi connectivity index (χ1n) is 7.33. The molecule has 1 atom stereocenters. The van der Waals surface area contributed by atoms with Crippen molar-refractivity contribution < 1.29 is 14.4 Å². The van der Waals surface area contributed by atoms with Crippen LogP contribution < -0.4 is 11.1 Å². The summed E-state index contributed by atoms with van der Waals surface area (Å²) in [5.74, 6) is -2.41. The molecule has 0 saturated heterocycles. The third kappa shape index (κ3) is 3.95. The number of carbonyl (C=O) groups excluding carboxylic acids is 3. The maximum Gasteiger partial charge on any atom is 0.287 e. The number of hydrogen-bond donors (Lipinski definition) is 2. The van der Waals surface area contributed by atoms with Gasteiger partial charge in [0.05, 0.1) is 11.7 Å². The van der Waals surface area contributed by atoms with E-state index in [-0.39, 0.29) is 23.6 Å². The van der Waals surface area contributed by atoms with E-state index in [0.717, 1.165) is 16.6 Å². The van der Waals surface area contributed by atoms with Crippen molar-refractivity contribution in [3.63, 3.8) is 0 Å². The lowest BCUT2D eigenvalue weighted by molar-refractivity contribution is -0.137. The zero-order chi connectivity index (χ0) is 18.5. The molecule has 3 N–H and O–H groups in total. The minimum Gasteiger partial charge on any atom is -0.363 e. The van der Waals surface area contributed by atoms with Gasteiger partial charge in [0, 0.05) is 23.7 Å². The van der Waals surface area contributed by atoms with Crippen LogP contribution in [0.3, 0.4) is 0 Å². The maximum atomic E-state index is 12.6. The first-order chi connectivity index (χ1) is 12.6. The van der Waals surface area contributed by atoms with Gasteiger partial charge in [-0.15, -0.1) is 11.3 Å². The molecule has 0 fully saturated rings. The van der Waals surface area contributed by atoms with Gasteiger partial charge in [0.15, 0.2) is 17.2 Å². The number of aromatic nitrogens is 4. The van der Waals surface area contributed by atoms with Gasteiger partial charge in [-0.25, -0.2) is 9.97 Å². The molecule has 0 aromatic carbocycles. The van der Waals surface area contributed by atoms with Crippen LogP contribution in [0.5, 0.6) is 0 Å². The van der Waals surface area contributed by atoms with Crippen LogP contribution >= 0.6 is 23.1 Å². The van der Waals surface area contributed by atoms with Gasteiger partial charge in [-0.3, -0.25) is 14.4 Å². The highest BCUT2D eigenvalue weighted by Crippen LogP contribution is 2.18. The molecule has 3 aromatic rings. The summed E-state index contributed by atoms with van der Waals surface area (Å²) >= 11 is 2.22. The van der Waals surface area contributed by atoms with Crippen molar-refractivity contribution in [3.05, 3.63) is 46.5 Å². The Morgan fingerprint density at radius 2 is 1.92 bits per heavy atom. The lowest BCUT2D eigenvalue weighted by atomic mass is 10.1. The predicted octanol–water partition coefficient (Wildman–Crippen LogP) is 0.452. The standard InChI is InChI=1S/C15H12N6O3S2/c16-13(23)12(22)9(7-8-3-1-6-25-8)19-15(24)11-10(20-26-21-11)14-17-4-2-5-18-14/h1-6,9H,7H2,(H2,16,23)(H,19,24). The minimum absolute atomic E-state index is 0.0188. The van der Waals surface area contributed by atoms with Crippen LogP contribution in [0.25, 0.3) is 11.5 Å². The van der Waals surface area contributed by atoms with Crippen LogP contribution in [-0.2, 0) is 16.0 Å². The number of thiophene rings is 1. The molecule has 3 heterocycles. The van der Waals surface area contributed by atoms with Crippen molar-refractivity contribution in [2.24, 2.45) is 5.73 Å². The van der Waals surface area contributed by atoms with Gasteiger partial charge in [-0.2, -0.15) is 8.75 Å². The lowest BCUT2D eigenvalue weighted by Gasteiger charge is -2.14. The molecular weight excluding hydrogens is 376 g/mol. The van der Waals surface area contributed by atoms with E-state index in [4.69, 9.17) is 5.73 Å². The van der Waals surface area contributed by atoms with E-state index in [1.54, 1.807) is 12.1 Å². The normalized spacial score (nSPS) is 11.7. The van der Waals surface area contributed by atoms with Crippen molar-refractivity contribution >= 4 is 40.7 Å². The molecule has 0 aliphatic rings. The average Bonchev–Trinajstić information content (AvgIpc) is 3.32. The van der Waals surface area contributed by atoms with Crippen LogP contribution in [0.4, 0.5) is 0 Å². The van der Waals surface area contributed by atoms with Gasteiger partial charge in [0.25, 0.3) is 11.8 Å². The number of nitrogens with two attached hydrogens (primary N) is 1. The fourth-order valence-electron chi connectivity index (χ4n) is 2.14. The molecule has 0 spiro atoms. The monoisotopic (exact) mass is 388 g/mol. The molecule has 0 aliphatic heterocycles. The summed E-state index contributed by atoms with van der Waals surface area (Å²) in [5.41, 5.74) is 5.28.